The van der Waals surface area contributed by atoms with E-state index in [1.807, 2.05) is 0 Å². The van der Waals surface area contributed by atoms with E-state index < -0.39 is 23.8 Å². The Morgan fingerprint density at radius 1 is 1.08 bits per heavy atom. The van der Waals surface area contributed by atoms with Crippen LogP contribution in [-0.4, -0.2) is 33.2 Å². The molecule has 6 heteroatoms. The largest absolute Gasteiger partial charge is 0.481 e. The Morgan fingerprint density at radius 2 is 1.31 bits per heavy atom. The first-order valence-corrected chi connectivity index (χ1v) is 3.48. The molecule has 0 heterocycles. The van der Waals surface area contributed by atoms with Crippen molar-refractivity contribution < 1.29 is 29.7 Å². The summed E-state index contributed by atoms with van der Waals surface area (Å²) in [5, 5.41) is 23.7. The summed E-state index contributed by atoms with van der Waals surface area (Å²) >= 11 is 0. The lowest BCUT2D eigenvalue weighted by Crippen LogP contribution is -2.21. The second kappa shape index (κ2) is 7.08. The fourth-order valence-electron chi connectivity index (χ4n) is 0.455. The highest BCUT2D eigenvalue weighted by molar-refractivity contribution is 5.92. The maximum absolute atomic E-state index is 9.99. The molecule has 0 saturated heterocycles. The molecule has 0 fully saturated rings. The van der Waals surface area contributed by atoms with Crippen LogP contribution in [0.25, 0.3) is 0 Å². The number of carboxylic acids is 3. The summed E-state index contributed by atoms with van der Waals surface area (Å²) in [7, 11) is 0. The zero-order valence-electron chi connectivity index (χ0n) is 7.35. The normalized spacial score (nSPS) is 8.54. The highest BCUT2D eigenvalue weighted by atomic mass is 16.4. The molecular weight excluding hydrogens is 180 g/mol. The Bertz CT molecular complexity index is 179. The van der Waals surface area contributed by atoms with E-state index in [4.69, 9.17) is 20.1 Å². The molecule has 0 radical (unpaired) electrons. The van der Waals surface area contributed by atoms with Crippen LogP contribution in [0.2, 0.25) is 0 Å². The van der Waals surface area contributed by atoms with Crippen LogP contribution in [0.4, 0.5) is 0 Å². The van der Waals surface area contributed by atoms with E-state index in [0.29, 0.717) is 0 Å². The second-order valence-corrected chi connectivity index (χ2v) is 2.16. The van der Waals surface area contributed by atoms with Crippen molar-refractivity contribution >= 4 is 17.9 Å². The van der Waals surface area contributed by atoms with Gasteiger partial charge < -0.3 is 15.3 Å². The molecule has 0 saturated carbocycles. The molecule has 0 atom stereocenters. The molecule has 0 amide bonds. The Balaban J connectivity index is 0. The van der Waals surface area contributed by atoms with Crippen molar-refractivity contribution in [1.82, 2.24) is 0 Å². The summed E-state index contributed by atoms with van der Waals surface area (Å²) < 4.78 is 0. The van der Waals surface area contributed by atoms with Gasteiger partial charge in [0.15, 0.2) is 5.92 Å². The fraction of sp³-hybridized carbons (Fsp3) is 0.571. The van der Waals surface area contributed by atoms with E-state index in [-0.39, 0.29) is 6.42 Å². The molecule has 3 N–H and O–H groups in total. The number of carbonyl (C=O) groups is 3. The highest BCUT2D eigenvalue weighted by Crippen LogP contribution is 2.00. The first kappa shape index (κ1) is 14.0. The Labute approximate surface area is 74.8 Å². The molecule has 0 rings (SSSR count). The van der Waals surface area contributed by atoms with Crippen molar-refractivity contribution in [2.24, 2.45) is 5.92 Å². The summed E-state index contributed by atoms with van der Waals surface area (Å²) in [4.78, 5) is 29.0. The van der Waals surface area contributed by atoms with Crippen molar-refractivity contribution in [3.05, 3.63) is 0 Å². The molecular formula is C7H12O6. The molecule has 0 aliphatic carbocycles. The van der Waals surface area contributed by atoms with Gasteiger partial charge in [0, 0.05) is 6.92 Å². The summed E-state index contributed by atoms with van der Waals surface area (Å²) in [6.45, 7) is 2.60. The number of hydrogen-bond donors (Lipinski definition) is 3. The van der Waals surface area contributed by atoms with Crippen molar-refractivity contribution in [3.8, 4) is 0 Å². The quantitative estimate of drug-likeness (QED) is 0.553. The van der Waals surface area contributed by atoms with E-state index in [9.17, 15) is 9.59 Å². The Morgan fingerprint density at radius 3 is 1.31 bits per heavy atom. The van der Waals surface area contributed by atoms with Gasteiger partial charge in [-0.05, 0) is 6.42 Å². The third kappa shape index (κ3) is 10.4. The molecule has 13 heavy (non-hydrogen) atoms. The Hall–Kier alpha value is -1.59. The average molecular weight is 192 g/mol. The zero-order valence-corrected chi connectivity index (χ0v) is 7.35. The monoisotopic (exact) mass is 192 g/mol. The van der Waals surface area contributed by atoms with Gasteiger partial charge in [-0.2, -0.15) is 0 Å². The smallest absolute Gasteiger partial charge is 0.317 e. The predicted octanol–water partition coefficient (Wildman–Crippen LogP) is 0.273. The van der Waals surface area contributed by atoms with Gasteiger partial charge in [-0.3, -0.25) is 14.4 Å². The van der Waals surface area contributed by atoms with Gasteiger partial charge in [0.25, 0.3) is 5.97 Å². The summed E-state index contributed by atoms with van der Waals surface area (Å²) in [6.07, 6.45) is 0.130. The summed E-state index contributed by atoms with van der Waals surface area (Å²) in [6, 6.07) is 0. The van der Waals surface area contributed by atoms with Crippen LogP contribution in [0.1, 0.15) is 20.3 Å². The van der Waals surface area contributed by atoms with Crippen LogP contribution in [0.5, 0.6) is 0 Å². The number of hydrogen-bond acceptors (Lipinski definition) is 3. The van der Waals surface area contributed by atoms with Crippen LogP contribution in [0.3, 0.4) is 0 Å². The maximum atomic E-state index is 9.99. The zero-order chi connectivity index (χ0) is 11.0. The minimum atomic E-state index is -1.27. The summed E-state index contributed by atoms with van der Waals surface area (Å²) in [5.41, 5.74) is 0. The van der Waals surface area contributed by atoms with Crippen molar-refractivity contribution in [1.29, 1.82) is 0 Å². The minimum Gasteiger partial charge on any atom is -0.481 e. The molecule has 0 aromatic heterocycles. The van der Waals surface area contributed by atoms with E-state index in [1.54, 1.807) is 0 Å². The van der Waals surface area contributed by atoms with Gasteiger partial charge in [-0.15, -0.1) is 0 Å². The van der Waals surface area contributed by atoms with Gasteiger partial charge in [0.1, 0.15) is 0 Å². The summed E-state index contributed by atoms with van der Waals surface area (Å²) in [5.74, 6) is -4.62. The van der Waals surface area contributed by atoms with Crippen LogP contribution < -0.4 is 0 Å². The third-order valence-electron chi connectivity index (χ3n) is 1.00. The van der Waals surface area contributed by atoms with E-state index in [0.717, 1.165) is 6.92 Å². The van der Waals surface area contributed by atoms with Gasteiger partial charge >= 0.3 is 11.9 Å². The SMILES string of the molecule is CC(=O)O.CCC(C(=O)O)C(=O)O. The van der Waals surface area contributed by atoms with Crippen LogP contribution >= 0.6 is 0 Å². The third-order valence-corrected chi connectivity index (χ3v) is 1.00. The maximum Gasteiger partial charge on any atom is 0.317 e. The van der Waals surface area contributed by atoms with Crippen LogP contribution in [0.15, 0.2) is 0 Å². The lowest BCUT2D eigenvalue weighted by atomic mass is 10.1. The highest BCUT2D eigenvalue weighted by Gasteiger charge is 2.22. The number of rotatable bonds is 3. The number of carboxylic acid groups (broad SMARTS) is 3. The van der Waals surface area contributed by atoms with Crippen molar-refractivity contribution in [3.63, 3.8) is 0 Å². The van der Waals surface area contributed by atoms with Gasteiger partial charge in [0.05, 0.1) is 0 Å². The second-order valence-electron chi connectivity index (χ2n) is 2.16. The molecule has 0 spiro atoms. The van der Waals surface area contributed by atoms with E-state index in [1.165, 1.54) is 6.92 Å². The minimum absolute atomic E-state index is 0.130. The molecule has 0 bridgehead atoms. The first-order valence-electron chi connectivity index (χ1n) is 3.48. The average Bonchev–Trinajstić information content (AvgIpc) is 1.84. The topological polar surface area (TPSA) is 112 Å². The van der Waals surface area contributed by atoms with Gasteiger partial charge in [-0.25, -0.2) is 0 Å². The van der Waals surface area contributed by atoms with Crippen molar-refractivity contribution in [2.45, 2.75) is 20.3 Å². The first-order chi connectivity index (χ1) is 5.82. The van der Waals surface area contributed by atoms with Gasteiger partial charge in [0.2, 0.25) is 0 Å². The molecule has 0 aromatic rings. The lowest BCUT2D eigenvalue weighted by molar-refractivity contribution is -0.154. The Kier molecular flexibility index (Phi) is 7.61. The van der Waals surface area contributed by atoms with Crippen molar-refractivity contribution in [2.75, 3.05) is 0 Å². The molecule has 0 aromatic carbocycles. The van der Waals surface area contributed by atoms with Gasteiger partial charge in [-0.1, -0.05) is 6.92 Å². The molecule has 76 valence electrons. The predicted molar refractivity (Wildman–Crippen MR) is 42.4 cm³/mol. The van der Waals surface area contributed by atoms with E-state index >= 15 is 0 Å². The molecule has 0 unspecified atom stereocenters. The van der Waals surface area contributed by atoms with Crippen LogP contribution in [-0.2, 0) is 14.4 Å². The van der Waals surface area contributed by atoms with Crippen LogP contribution in [0, 0.1) is 5.92 Å². The van der Waals surface area contributed by atoms with E-state index in [2.05, 4.69) is 0 Å². The lowest BCUT2D eigenvalue weighted by Gasteiger charge is -2.00. The molecule has 0 aliphatic heterocycles. The molecule has 0 aliphatic rings. The standard InChI is InChI=1S/C5H8O4.C2H4O2/c1-2-3(4(6)7)5(8)9;1-2(3)4/h3H,2H2,1H3,(H,6,7)(H,8,9);1H3,(H,3,4). The fourth-order valence-corrected chi connectivity index (χ4v) is 0.455. The number of aliphatic carboxylic acids is 3. The molecule has 6 nitrogen and oxygen atoms in total.